The van der Waals surface area contributed by atoms with Gasteiger partial charge in [-0.3, -0.25) is 4.98 Å². The second-order valence-electron chi connectivity index (χ2n) is 5.01. The molecule has 1 heterocycles. The van der Waals surface area contributed by atoms with Crippen LogP contribution in [0.15, 0.2) is 36.4 Å². The van der Waals surface area contributed by atoms with Crippen LogP contribution >= 0.6 is 0 Å². The molecule has 0 bridgehead atoms. The van der Waals surface area contributed by atoms with Crippen molar-refractivity contribution in [3.8, 4) is 0 Å². The topological polar surface area (TPSA) is 38.9 Å². The third-order valence-electron chi connectivity index (χ3n) is 3.03. The van der Waals surface area contributed by atoms with Crippen LogP contribution in [0.1, 0.15) is 34.1 Å². The third kappa shape index (κ3) is 3.17. The Kier molecular flexibility index (Phi) is 3.78. The number of nitrogens with zero attached hydrogens (tertiary/aromatic N) is 1. The van der Waals surface area contributed by atoms with Crippen LogP contribution in [0.25, 0.3) is 0 Å². The van der Waals surface area contributed by atoms with Crippen LogP contribution in [0.4, 0.5) is 0 Å². The van der Waals surface area contributed by atoms with E-state index in [0.29, 0.717) is 0 Å². The molecule has 0 radical (unpaired) electrons. The molecule has 0 aliphatic carbocycles. The smallest absolute Gasteiger partial charge is 0.0577 e. The lowest BCUT2D eigenvalue weighted by atomic mass is 9.99. The molecule has 0 aliphatic heterocycles. The minimum atomic E-state index is -0.0360. The van der Waals surface area contributed by atoms with E-state index in [-0.39, 0.29) is 6.04 Å². The highest BCUT2D eigenvalue weighted by atomic mass is 14.8. The first-order valence-electron chi connectivity index (χ1n) is 6.31. The molecule has 0 amide bonds. The van der Waals surface area contributed by atoms with E-state index in [1.54, 1.807) is 0 Å². The van der Waals surface area contributed by atoms with Gasteiger partial charge in [0.2, 0.25) is 0 Å². The Balaban J connectivity index is 2.18. The van der Waals surface area contributed by atoms with Gasteiger partial charge in [0.15, 0.2) is 0 Å². The van der Waals surface area contributed by atoms with E-state index >= 15 is 0 Å². The van der Waals surface area contributed by atoms with Crippen LogP contribution in [0.2, 0.25) is 0 Å². The fraction of sp³-hybridized carbons (Fsp3) is 0.312. The molecule has 18 heavy (non-hydrogen) atoms. The Hall–Kier alpha value is -1.67. The number of hydrogen-bond donors (Lipinski definition) is 1. The number of rotatable bonds is 3. The minimum Gasteiger partial charge on any atom is -0.322 e. The molecule has 94 valence electrons. The summed E-state index contributed by atoms with van der Waals surface area (Å²) >= 11 is 0. The van der Waals surface area contributed by atoms with Crippen LogP contribution in [0, 0.1) is 20.8 Å². The number of nitrogens with two attached hydrogens (primary N) is 1. The lowest BCUT2D eigenvalue weighted by Gasteiger charge is -2.13. The quantitative estimate of drug-likeness (QED) is 0.894. The summed E-state index contributed by atoms with van der Waals surface area (Å²) < 4.78 is 0. The van der Waals surface area contributed by atoms with Gasteiger partial charge in [-0.2, -0.15) is 0 Å². The highest BCUT2D eigenvalue weighted by Crippen LogP contribution is 2.17. The van der Waals surface area contributed by atoms with Crippen molar-refractivity contribution in [3.05, 3.63) is 64.5 Å². The molecule has 0 spiro atoms. The highest BCUT2D eigenvalue weighted by Gasteiger charge is 2.09. The van der Waals surface area contributed by atoms with Crippen molar-refractivity contribution < 1.29 is 0 Å². The molecular weight excluding hydrogens is 220 g/mol. The van der Waals surface area contributed by atoms with Crippen molar-refractivity contribution in [3.63, 3.8) is 0 Å². The van der Waals surface area contributed by atoms with Gasteiger partial charge >= 0.3 is 0 Å². The summed E-state index contributed by atoms with van der Waals surface area (Å²) in [5, 5.41) is 0. The fourth-order valence-electron chi connectivity index (χ4n) is 2.32. The molecule has 2 nitrogen and oxygen atoms in total. The van der Waals surface area contributed by atoms with Crippen LogP contribution in [-0.4, -0.2) is 4.98 Å². The summed E-state index contributed by atoms with van der Waals surface area (Å²) in [7, 11) is 0. The fourth-order valence-corrected chi connectivity index (χ4v) is 2.32. The van der Waals surface area contributed by atoms with E-state index in [0.717, 1.165) is 17.8 Å². The average Bonchev–Trinajstić information content (AvgIpc) is 2.27. The molecule has 0 aliphatic rings. The molecule has 1 aromatic carbocycles. The lowest BCUT2D eigenvalue weighted by Crippen LogP contribution is -2.15. The van der Waals surface area contributed by atoms with Gasteiger partial charge in [-0.05, 0) is 44.9 Å². The van der Waals surface area contributed by atoms with Crippen molar-refractivity contribution in [2.24, 2.45) is 5.73 Å². The van der Waals surface area contributed by atoms with Gasteiger partial charge in [0.05, 0.1) is 11.7 Å². The number of hydrogen-bond acceptors (Lipinski definition) is 2. The zero-order valence-electron chi connectivity index (χ0n) is 11.3. The van der Waals surface area contributed by atoms with Crippen molar-refractivity contribution in [2.45, 2.75) is 33.2 Å². The second kappa shape index (κ2) is 5.32. The van der Waals surface area contributed by atoms with Crippen molar-refractivity contribution in [1.82, 2.24) is 4.98 Å². The first-order chi connectivity index (χ1) is 8.54. The van der Waals surface area contributed by atoms with Gasteiger partial charge in [-0.25, -0.2) is 0 Å². The molecule has 2 heteroatoms. The van der Waals surface area contributed by atoms with Gasteiger partial charge in [0.25, 0.3) is 0 Å². The van der Waals surface area contributed by atoms with Gasteiger partial charge in [-0.1, -0.05) is 35.4 Å². The summed E-state index contributed by atoms with van der Waals surface area (Å²) in [5.74, 6) is 0. The molecule has 2 rings (SSSR count). The SMILES string of the molecule is Cc1cc(C)cc(CC(N)c2cccc(C)n2)c1. The van der Waals surface area contributed by atoms with Crippen molar-refractivity contribution in [1.29, 1.82) is 0 Å². The van der Waals surface area contributed by atoms with Gasteiger partial charge in [0, 0.05) is 5.69 Å². The van der Waals surface area contributed by atoms with E-state index in [2.05, 4.69) is 37.0 Å². The Labute approximate surface area is 109 Å². The van der Waals surface area contributed by atoms with Gasteiger partial charge in [-0.15, -0.1) is 0 Å². The predicted octanol–water partition coefficient (Wildman–Crippen LogP) is 3.25. The molecule has 0 saturated carbocycles. The molecular formula is C16H20N2. The zero-order valence-corrected chi connectivity index (χ0v) is 11.3. The summed E-state index contributed by atoms with van der Waals surface area (Å²) in [6.45, 7) is 6.23. The molecule has 1 unspecified atom stereocenters. The van der Waals surface area contributed by atoms with Crippen LogP contribution < -0.4 is 5.73 Å². The van der Waals surface area contributed by atoms with Crippen molar-refractivity contribution in [2.75, 3.05) is 0 Å². The minimum absolute atomic E-state index is 0.0360. The number of aryl methyl sites for hydroxylation is 3. The molecule has 2 aromatic rings. The van der Waals surface area contributed by atoms with Crippen LogP contribution in [0.5, 0.6) is 0 Å². The first-order valence-corrected chi connectivity index (χ1v) is 6.31. The van der Waals surface area contributed by atoms with E-state index in [1.165, 1.54) is 16.7 Å². The Morgan fingerprint density at radius 1 is 1.06 bits per heavy atom. The summed E-state index contributed by atoms with van der Waals surface area (Å²) in [4.78, 5) is 4.49. The number of aromatic nitrogens is 1. The lowest BCUT2D eigenvalue weighted by molar-refractivity contribution is 0.693. The van der Waals surface area contributed by atoms with Gasteiger partial charge in [0.1, 0.15) is 0 Å². The van der Waals surface area contributed by atoms with Crippen molar-refractivity contribution >= 4 is 0 Å². The standard InChI is InChI=1S/C16H20N2/c1-11-7-12(2)9-14(8-11)10-15(17)16-6-4-5-13(3)18-16/h4-9,15H,10,17H2,1-3H3. The zero-order chi connectivity index (χ0) is 13.1. The van der Waals surface area contributed by atoms with Crippen LogP contribution in [-0.2, 0) is 6.42 Å². The maximum absolute atomic E-state index is 6.23. The summed E-state index contributed by atoms with van der Waals surface area (Å²) in [5.41, 5.74) is 12.1. The second-order valence-corrected chi connectivity index (χ2v) is 5.01. The van der Waals surface area contributed by atoms with E-state index in [9.17, 15) is 0 Å². The molecule has 2 N–H and O–H groups in total. The molecule has 1 aromatic heterocycles. The maximum Gasteiger partial charge on any atom is 0.0577 e. The third-order valence-corrected chi connectivity index (χ3v) is 3.03. The Morgan fingerprint density at radius 3 is 2.33 bits per heavy atom. The Bertz CT molecular complexity index is 526. The highest BCUT2D eigenvalue weighted by molar-refractivity contribution is 5.30. The summed E-state index contributed by atoms with van der Waals surface area (Å²) in [6.07, 6.45) is 0.832. The Morgan fingerprint density at radius 2 is 1.72 bits per heavy atom. The largest absolute Gasteiger partial charge is 0.322 e. The van der Waals surface area contributed by atoms with Gasteiger partial charge < -0.3 is 5.73 Å². The normalized spacial score (nSPS) is 12.4. The molecule has 0 saturated heterocycles. The van der Waals surface area contributed by atoms with Crippen LogP contribution in [0.3, 0.4) is 0 Å². The predicted molar refractivity (Wildman–Crippen MR) is 75.5 cm³/mol. The number of benzene rings is 1. The first kappa shape index (κ1) is 12.8. The molecule has 1 atom stereocenters. The monoisotopic (exact) mass is 240 g/mol. The average molecular weight is 240 g/mol. The van der Waals surface area contributed by atoms with E-state index in [1.807, 2.05) is 25.1 Å². The molecule has 0 fully saturated rings. The van der Waals surface area contributed by atoms with E-state index < -0.39 is 0 Å². The van der Waals surface area contributed by atoms with E-state index in [4.69, 9.17) is 5.73 Å². The summed E-state index contributed by atoms with van der Waals surface area (Å²) in [6, 6.07) is 12.5. The number of pyridine rings is 1. The maximum atomic E-state index is 6.23.